The van der Waals surface area contributed by atoms with Crippen molar-refractivity contribution in [1.29, 1.82) is 0 Å². The summed E-state index contributed by atoms with van der Waals surface area (Å²) < 4.78 is 0. The molecule has 2 nitrogen and oxygen atoms in total. The molecule has 114 valence electrons. The lowest BCUT2D eigenvalue weighted by Gasteiger charge is -2.15. The van der Waals surface area contributed by atoms with Gasteiger partial charge in [0.2, 0.25) is 0 Å². The second-order valence-corrected chi connectivity index (χ2v) is 6.33. The van der Waals surface area contributed by atoms with Gasteiger partial charge in [-0.15, -0.1) is 0 Å². The Morgan fingerprint density at radius 2 is 1.95 bits per heavy atom. The van der Waals surface area contributed by atoms with Gasteiger partial charge in [-0.2, -0.15) is 11.3 Å². The maximum absolute atomic E-state index is 5.75. The summed E-state index contributed by atoms with van der Waals surface area (Å²) in [7, 11) is 0. The Kier molecular flexibility index (Phi) is 6.77. The molecule has 0 bridgehead atoms. The van der Waals surface area contributed by atoms with E-state index >= 15 is 0 Å². The SMILES string of the molecule is CCC(CCCNCCc1ccsc1)c1ccc(N)cc1. The highest BCUT2D eigenvalue weighted by Crippen LogP contribution is 2.25. The molecule has 0 aliphatic rings. The summed E-state index contributed by atoms with van der Waals surface area (Å²) in [5, 5.41) is 7.93. The fraction of sp³-hybridized carbons (Fsp3) is 0.444. The first-order valence-corrected chi connectivity index (χ1v) is 8.81. The van der Waals surface area contributed by atoms with Gasteiger partial charge in [0.15, 0.2) is 0 Å². The maximum atomic E-state index is 5.75. The summed E-state index contributed by atoms with van der Waals surface area (Å²) >= 11 is 1.78. The lowest BCUT2D eigenvalue weighted by atomic mass is 9.92. The summed E-state index contributed by atoms with van der Waals surface area (Å²) in [6.45, 7) is 4.45. The van der Waals surface area contributed by atoms with Crippen LogP contribution in [0.15, 0.2) is 41.1 Å². The molecule has 1 aromatic heterocycles. The summed E-state index contributed by atoms with van der Waals surface area (Å²) in [6, 6.07) is 10.6. The van der Waals surface area contributed by atoms with Crippen LogP contribution >= 0.6 is 11.3 Å². The lowest BCUT2D eigenvalue weighted by Crippen LogP contribution is -2.18. The van der Waals surface area contributed by atoms with Crippen LogP contribution in [0.2, 0.25) is 0 Å². The minimum atomic E-state index is 0.657. The second kappa shape index (κ2) is 8.85. The third-order valence-corrected chi connectivity index (χ3v) is 4.71. The number of nitrogen functional groups attached to an aromatic ring is 1. The van der Waals surface area contributed by atoms with Crippen molar-refractivity contribution in [1.82, 2.24) is 5.32 Å². The molecule has 21 heavy (non-hydrogen) atoms. The van der Waals surface area contributed by atoms with Crippen LogP contribution in [0.3, 0.4) is 0 Å². The summed E-state index contributed by atoms with van der Waals surface area (Å²) in [6.07, 6.45) is 4.80. The Morgan fingerprint density at radius 3 is 2.62 bits per heavy atom. The highest BCUT2D eigenvalue weighted by Gasteiger charge is 2.08. The van der Waals surface area contributed by atoms with Gasteiger partial charge in [0, 0.05) is 5.69 Å². The fourth-order valence-corrected chi connectivity index (χ4v) is 3.34. The van der Waals surface area contributed by atoms with E-state index in [4.69, 9.17) is 5.73 Å². The minimum Gasteiger partial charge on any atom is -0.399 e. The predicted octanol–water partition coefficient (Wildman–Crippen LogP) is 4.44. The molecule has 0 saturated heterocycles. The molecular weight excluding hydrogens is 276 g/mol. The number of nitrogens with two attached hydrogens (primary N) is 1. The quantitative estimate of drug-likeness (QED) is 0.531. The van der Waals surface area contributed by atoms with E-state index in [0.29, 0.717) is 5.92 Å². The Hall–Kier alpha value is -1.32. The van der Waals surface area contributed by atoms with Crippen LogP contribution in [0.1, 0.15) is 43.2 Å². The van der Waals surface area contributed by atoms with Crippen molar-refractivity contribution in [2.45, 2.75) is 38.5 Å². The molecule has 2 aromatic rings. The van der Waals surface area contributed by atoms with Gasteiger partial charge in [0.25, 0.3) is 0 Å². The zero-order chi connectivity index (χ0) is 14.9. The third-order valence-electron chi connectivity index (χ3n) is 3.98. The molecule has 0 aliphatic carbocycles. The van der Waals surface area contributed by atoms with Crippen molar-refractivity contribution in [2.24, 2.45) is 0 Å². The van der Waals surface area contributed by atoms with Gasteiger partial charge in [0.05, 0.1) is 0 Å². The normalized spacial score (nSPS) is 12.4. The van der Waals surface area contributed by atoms with E-state index in [1.54, 1.807) is 11.3 Å². The van der Waals surface area contributed by atoms with Crippen molar-refractivity contribution in [3.8, 4) is 0 Å². The van der Waals surface area contributed by atoms with E-state index in [2.05, 4.69) is 41.2 Å². The van der Waals surface area contributed by atoms with Gasteiger partial charge in [-0.05, 0) is 84.8 Å². The van der Waals surface area contributed by atoms with Crippen LogP contribution in [0.5, 0.6) is 0 Å². The molecule has 1 heterocycles. The van der Waals surface area contributed by atoms with Crippen molar-refractivity contribution in [3.05, 3.63) is 52.2 Å². The molecule has 1 atom stereocenters. The van der Waals surface area contributed by atoms with Gasteiger partial charge in [0.1, 0.15) is 0 Å². The van der Waals surface area contributed by atoms with Crippen molar-refractivity contribution < 1.29 is 0 Å². The zero-order valence-electron chi connectivity index (χ0n) is 12.8. The Bertz CT molecular complexity index is 490. The monoisotopic (exact) mass is 302 g/mol. The Labute approximate surface area is 132 Å². The van der Waals surface area contributed by atoms with Crippen LogP contribution in [0.25, 0.3) is 0 Å². The molecule has 0 amide bonds. The van der Waals surface area contributed by atoms with Gasteiger partial charge in [-0.3, -0.25) is 0 Å². The number of benzene rings is 1. The highest BCUT2D eigenvalue weighted by molar-refractivity contribution is 7.07. The van der Waals surface area contributed by atoms with E-state index in [0.717, 1.165) is 25.2 Å². The van der Waals surface area contributed by atoms with Gasteiger partial charge >= 0.3 is 0 Å². The van der Waals surface area contributed by atoms with Gasteiger partial charge in [-0.25, -0.2) is 0 Å². The van der Waals surface area contributed by atoms with Crippen LogP contribution in [-0.2, 0) is 6.42 Å². The molecule has 0 radical (unpaired) electrons. The second-order valence-electron chi connectivity index (χ2n) is 5.55. The molecule has 0 aliphatic heterocycles. The third kappa shape index (κ3) is 5.52. The topological polar surface area (TPSA) is 38.0 Å². The molecule has 1 aromatic carbocycles. The standard InChI is InChI=1S/C18H26N2S/c1-2-16(17-5-7-18(19)8-6-17)4-3-11-20-12-9-15-10-13-21-14-15/h5-8,10,13-14,16,20H,2-4,9,11-12,19H2,1H3. The zero-order valence-corrected chi connectivity index (χ0v) is 13.7. The first-order valence-electron chi connectivity index (χ1n) is 7.87. The molecule has 0 saturated carbocycles. The molecule has 3 N–H and O–H groups in total. The number of anilines is 1. The number of hydrogen-bond donors (Lipinski definition) is 2. The Morgan fingerprint density at radius 1 is 1.14 bits per heavy atom. The molecule has 2 rings (SSSR count). The Balaban J connectivity index is 1.63. The molecule has 1 unspecified atom stereocenters. The average molecular weight is 302 g/mol. The molecule has 0 spiro atoms. The van der Waals surface area contributed by atoms with E-state index in [1.807, 2.05) is 12.1 Å². The first kappa shape index (κ1) is 16.1. The summed E-state index contributed by atoms with van der Waals surface area (Å²) in [5.74, 6) is 0.657. The van der Waals surface area contributed by atoms with E-state index in [-0.39, 0.29) is 0 Å². The van der Waals surface area contributed by atoms with Crippen molar-refractivity contribution in [2.75, 3.05) is 18.8 Å². The highest BCUT2D eigenvalue weighted by atomic mass is 32.1. The van der Waals surface area contributed by atoms with E-state index in [9.17, 15) is 0 Å². The minimum absolute atomic E-state index is 0.657. The summed E-state index contributed by atoms with van der Waals surface area (Å²) in [4.78, 5) is 0. The van der Waals surface area contributed by atoms with E-state index in [1.165, 1.54) is 30.4 Å². The van der Waals surface area contributed by atoms with Crippen LogP contribution < -0.4 is 11.1 Å². The molecular formula is C18H26N2S. The van der Waals surface area contributed by atoms with E-state index < -0.39 is 0 Å². The summed E-state index contributed by atoms with van der Waals surface area (Å²) in [5.41, 5.74) is 9.47. The predicted molar refractivity (Wildman–Crippen MR) is 94.0 cm³/mol. The van der Waals surface area contributed by atoms with Crippen LogP contribution in [0, 0.1) is 0 Å². The maximum Gasteiger partial charge on any atom is 0.0314 e. The fourth-order valence-electron chi connectivity index (χ4n) is 2.64. The van der Waals surface area contributed by atoms with Crippen LogP contribution in [0.4, 0.5) is 5.69 Å². The van der Waals surface area contributed by atoms with Crippen LogP contribution in [-0.4, -0.2) is 13.1 Å². The number of nitrogens with one attached hydrogen (secondary N) is 1. The number of thiophene rings is 1. The smallest absolute Gasteiger partial charge is 0.0314 e. The average Bonchev–Trinajstić information content (AvgIpc) is 3.01. The largest absolute Gasteiger partial charge is 0.399 e. The molecule has 3 heteroatoms. The lowest BCUT2D eigenvalue weighted by molar-refractivity contribution is 0.545. The van der Waals surface area contributed by atoms with Gasteiger partial charge in [-0.1, -0.05) is 19.1 Å². The first-order chi connectivity index (χ1) is 10.3. The van der Waals surface area contributed by atoms with Crippen molar-refractivity contribution in [3.63, 3.8) is 0 Å². The molecule has 0 fully saturated rings. The van der Waals surface area contributed by atoms with Crippen molar-refractivity contribution >= 4 is 17.0 Å². The number of hydrogen-bond acceptors (Lipinski definition) is 3. The van der Waals surface area contributed by atoms with Gasteiger partial charge < -0.3 is 11.1 Å². The number of rotatable bonds is 9.